The van der Waals surface area contributed by atoms with E-state index < -0.39 is 0 Å². The van der Waals surface area contributed by atoms with E-state index in [4.69, 9.17) is 4.74 Å². The average Bonchev–Trinajstić information content (AvgIpc) is 2.66. The predicted octanol–water partition coefficient (Wildman–Crippen LogP) is 2.50. The number of ether oxygens (including phenoxy) is 1. The van der Waals surface area contributed by atoms with Gasteiger partial charge in [-0.3, -0.25) is 4.79 Å². The van der Waals surface area contributed by atoms with Crippen LogP contribution in [0.25, 0.3) is 0 Å². The second-order valence-electron chi connectivity index (χ2n) is 5.53. The Morgan fingerprint density at radius 3 is 2.88 bits per heavy atom. The number of amides is 1. The highest BCUT2D eigenvalue weighted by molar-refractivity contribution is 8.01. The zero-order valence-corrected chi connectivity index (χ0v) is 12.0. The van der Waals surface area contributed by atoms with Gasteiger partial charge in [0.05, 0.1) is 17.4 Å². The lowest BCUT2D eigenvalue weighted by Crippen LogP contribution is -2.50. The van der Waals surface area contributed by atoms with Gasteiger partial charge in [-0.15, -0.1) is 11.8 Å². The van der Waals surface area contributed by atoms with Crippen LogP contribution in [0.3, 0.4) is 0 Å². The fourth-order valence-electron chi connectivity index (χ4n) is 2.57. The summed E-state index contributed by atoms with van der Waals surface area (Å²) in [6.45, 7) is 9.24. The number of nitrogens with zero attached hydrogens (tertiary/aromatic N) is 1. The maximum Gasteiger partial charge on any atom is 0.240 e. The Morgan fingerprint density at radius 1 is 1.59 bits per heavy atom. The zero-order chi connectivity index (χ0) is 12.6. The van der Waals surface area contributed by atoms with E-state index in [1.807, 2.05) is 4.90 Å². The van der Waals surface area contributed by atoms with Gasteiger partial charge in [-0.05, 0) is 25.0 Å². The predicted molar refractivity (Wildman–Crippen MR) is 71.0 cm³/mol. The van der Waals surface area contributed by atoms with E-state index in [1.54, 1.807) is 11.8 Å². The van der Waals surface area contributed by atoms with Crippen molar-refractivity contribution in [1.29, 1.82) is 0 Å². The van der Waals surface area contributed by atoms with Gasteiger partial charge in [-0.25, -0.2) is 0 Å². The van der Waals surface area contributed by atoms with Gasteiger partial charge >= 0.3 is 0 Å². The number of thioether (sulfide) groups is 1. The molecule has 4 heteroatoms. The fourth-order valence-corrected chi connectivity index (χ4v) is 3.78. The van der Waals surface area contributed by atoms with Crippen LogP contribution in [0.2, 0.25) is 0 Å². The molecule has 98 valence electrons. The molecule has 0 aromatic carbocycles. The minimum atomic E-state index is -0.254. The first-order valence-corrected chi connectivity index (χ1v) is 7.56. The number of carbonyl (C=O) groups excluding carboxylic acids is 1. The van der Waals surface area contributed by atoms with Crippen molar-refractivity contribution in [3.63, 3.8) is 0 Å². The van der Waals surface area contributed by atoms with Gasteiger partial charge in [0.15, 0.2) is 0 Å². The van der Waals surface area contributed by atoms with Gasteiger partial charge in [0, 0.05) is 6.42 Å². The van der Waals surface area contributed by atoms with Crippen LogP contribution in [0.1, 0.15) is 40.5 Å². The summed E-state index contributed by atoms with van der Waals surface area (Å²) in [5.41, 5.74) is 0. The Labute approximate surface area is 108 Å². The Kier molecular flexibility index (Phi) is 3.74. The summed E-state index contributed by atoms with van der Waals surface area (Å²) in [5, 5.41) is 0. The third-order valence-corrected chi connectivity index (χ3v) is 5.58. The van der Waals surface area contributed by atoms with Crippen LogP contribution in [0.15, 0.2) is 0 Å². The number of rotatable bonds is 2. The summed E-state index contributed by atoms with van der Waals surface area (Å²) in [6.07, 6.45) is 1.88. The van der Waals surface area contributed by atoms with Crippen molar-refractivity contribution < 1.29 is 9.53 Å². The summed E-state index contributed by atoms with van der Waals surface area (Å²) < 4.78 is 5.56. The van der Waals surface area contributed by atoms with E-state index in [0.717, 1.165) is 18.6 Å². The number of carbonyl (C=O) groups is 1. The lowest BCUT2D eigenvalue weighted by molar-refractivity contribution is -0.140. The van der Waals surface area contributed by atoms with Gasteiger partial charge in [0.25, 0.3) is 0 Å². The molecule has 0 aromatic heterocycles. The highest BCUT2D eigenvalue weighted by Gasteiger charge is 2.47. The molecule has 0 spiro atoms. The van der Waals surface area contributed by atoms with Crippen molar-refractivity contribution in [3.05, 3.63) is 0 Å². The minimum Gasteiger partial charge on any atom is -0.356 e. The SMILES string of the molecule is CC[C@@]1(C)SCC[C@H]2OC[C@H](C(C)C)N2C1=O. The molecule has 3 nitrogen and oxygen atoms in total. The molecule has 1 amide bonds. The van der Waals surface area contributed by atoms with Gasteiger partial charge < -0.3 is 9.64 Å². The fraction of sp³-hybridized carbons (Fsp3) is 0.923. The molecule has 0 aromatic rings. The molecule has 0 unspecified atom stereocenters. The maximum absolute atomic E-state index is 12.7. The summed E-state index contributed by atoms with van der Waals surface area (Å²) in [7, 11) is 0. The molecule has 2 saturated heterocycles. The van der Waals surface area contributed by atoms with Crippen LogP contribution in [0.4, 0.5) is 0 Å². The van der Waals surface area contributed by atoms with E-state index in [2.05, 4.69) is 27.7 Å². The molecular formula is C13H23NO2S. The smallest absolute Gasteiger partial charge is 0.240 e. The molecule has 0 saturated carbocycles. The number of hydrogen-bond donors (Lipinski definition) is 0. The van der Waals surface area contributed by atoms with E-state index in [9.17, 15) is 4.79 Å². The van der Waals surface area contributed by atoms with Crippen molar-refractivity contribution in [3.8, 4) is 0 Å². The van der Waals surface area contributed by atoms with Crippen molar-refractivity contribution in [2.45, 2.75) is 57.6 Å². The van der Waals surface area contributed by atoms with Gasteiger partial charge in [0.1, 0.15) is 6.23 Å². The molecule has 2 heterocycles. The summed E-state index contributed by atoms with van der Waals surface area (Å²) in [4.78, 5) is 14.8. The largest absolute Gasteiger partial charge is 0.356 e. The molecule has 2 rings (SSSR count). The lowest BCUT2D eigenvalue weighted by atomic mass is 10.00. The molecule has 2 fully saturated rings. The summed E-state index contributed by atoms with van der Waals surface area (Å²) >= 11 is 1.79. The van der Waals surface area contributed by atoms with Gasteiger partial charge in [-0.2, -0.15) is 0 Å². The number of fused-ring (bicyclic) bond motifs is 1. The Morgan fingerprint density at radius 2 is 2.29 bits per heavy atom. The minimum absolute atomic E-state index is 0.0239. The third kappa shape index (κ3) is 2.22. The molecule has 0 radical (unpaired) electrons. The van der Waals surface area contributed by atoms with Gasteiger partial charge in [-0.1, -0.05) is 20.8 Å². The number of hydrogen-bond acceptors (Lipinski definition) is 3. The van der Waals surface area contributed by atoms with Crippen LogP contribution in [-0.2, 0) is 9.53 Å². The van der Waals surface area contributed by atoms with Crippen molar-refractivity contribution in [1.82, 2.24) is 4.90 Å². The highest BCUT2D eigenvalue weighted by atomic mass is 32.2. The van der Waals surface area contributed by atoms with E-state index in [1.165, 1.54) is 0 Å². The molecule has 2 aliphatic heterocycles. The van der Waals surface area contributed by atoms with Crippen LogP contribution in [-0.4, -0.2) is 40.2 Å². The van der Waals surface area contributed by atoms with Crippen LogP contribution in [0, 0.1) is 5.92 Å². The van der Waals surface area contributed by atoms with E-state index in [0.29, 0.717) is 12.5 Å². The van der Waals surface area contributed by atoms with Crippen molar-refractivity contribution >= 4 is 17.7 Å². The van der Waals surface area contributed by atoms with Crippen molar-refractivity contribution in [2.24, 2.45) is 5.92 Å². The molecular weight excluding hydrogens is 234 g/mol. The van der Waals surface area contributed by atoms with Gasteiger partial charge in [0.2, 0.25) is 5.91 Å². The Balaban J connectivity index is 2.27. The van der Waals surface area contributed by atoms with Crippen LogP contribution < -0.4 is 0 Å². The molecule has 0 bridgehead atoms. The summed E-state index contributed by atoms with van der Waals surface area (Å²) in [5.74, 6) is 1.76. The summed E-state index contributed by atoms with van der Waals surface area (Å²) in [6, 6.07) is 0.261. The van der Waals surface area contributed by atoms with E-state index >= 15 is 0 Å². The van der Waals surface area contributed by atoms with Crippen molar-refractivity contribution in [2.75, 3.05) is 12.4 Å². The first-order chi connectivity index (χ1) is 7.99. The van der Waals surface area contributed by atoms with Crippen LogP contribution >= 0.6 is 11.8 Å². The molecule has 17 heavy (non-hydrogen) atoms. The average molecular weight is 257 g/mol. The normalized spacial score (nSPS) is 38.4. The Hall–Kier alpha value is -0.220. The second-order valence-corrected chi connectivity index (χ2v) is 7.13. The molecule has 0 N–H and O–H groups in total. The molecule has 2 aliphatic rings. The monoisotopic (exact) mass is 257 g/mol. The standard InChI is InChI=1S/C13H23NO2S/c1-5-13(4)12(15)14-10(9(2)3)8-16-11(14)6-7-17-13/h9-11H,5-8H2,1-4H3/t10-,11-,13-/m1/s1. The highest BCUT2D eigenvalue weighted by Crippen LogP contribution is 2.39. The third-order valence-electron chi connectivity index (χ3n) is 4.04. The lowest BCUT2D eigenvalue weighted by Gasteiger charge is -2.34. The maximum atomic E-state index is 12.7. The second kappa shape index (κ2) is 4.81. The zero-order valence-electron chi connectivity index (χ0n) is 11.2. The Bertz CT molecular complexity index is 308. The first kappa shape index (κ1) is 13.2. The van der Waals surface area contributed by atoms with E-state index in [-0.39, 0.29) is 22.9 Å². The quantitative estimate of drug-likeness (QED) is 0.761. The molecule has 0 aliphatic carbocycles. The molecule has 3 atom stereocenters. The first-order valence-electron chi connectivity index (χ1n) is 6.58. The van der Waals surface area contributed by atoms with Crippen LogP contribution in [0.5, 0.6) is 0 Å². The topological polar surface area (TPSA) is 29.5 Å².